The van der Waals surface area contributed by atoms with Crippen LogP contribution >= 0.6 is 0 Å². The van der Waals surface area contributed by atoms with E-state index < -0.39 is 0 Å². The van der Waals surface area contributed by atoms with Crippen LogP contribution in [0.25, 0.3) is 0 Å². The topological polar surface area (TPSA) is 19.4 Å². The molecule has 0 radical (unpaired) electrons. The van der Waals surface area contributed by atoms with Gasteiger partial charge in [-0.05, 0) is 52.8 Å². The SMILES string of the molecule is c1ccc2c(c1)CCc1ccccc1C2N1CCN(Cc2ccncc2)CC1. The van der Waals surface area contributed by atoms with Gasteiger partial charge in [-0.1, -0.05) is 48.5 Å². The normalized spacial score (nSPS) is 18.3. The minimum Gasteiger partial charge on any atom is -0.297 e. The minimum absolute atomic E-state index is 0.387. The molecule has 1 fully saturated rings. The zero-order chi connectivity index (χ0) is 18.8. The lowest BCUT2D eigenvalue weighted by Crippen LogP contribution is -2.47. The van der Waals surface area contributed by atoms with Crippen LogP contribution in [0.5, 0.6) is 0 Å². The van der Waals surface area contributed by atoms with E-state index in [0.717, 1.165) is 45.6 Å². The maximum absolute atomic E-state index is 4.14. The number of nitrogens with zero attached hydrogens (tertiary/aromatic N) is 3. The van der Waals surface area contributed by atoms with Crippen molar-refractivity contribution in [3.63, 3.8) is 0 Å². The molecule has 0 atom stereocenters. The molecule has 3 nitrogen and oxygen atoms in total. The van der Waals surface area contributed by atoms with Gasteiger partial charge in [-0.2, -0.15) is 0 Å². The van der Waals surface area contributed by atoms with Gasteiger partial charge in [-0.15, -0.1) is 0 Å². The zero-order valence-corrected chi connectivity index (χ0v) is 16.3. The van der Waals surface area contributed by atoms with Crippen LogP contribution in [0.15, 0.2) is 73.1 Å². The van der Waals surface area contributed by atoms with Crippen LogP contribution in [-0.4, -0.2) is 41.0 Å². The number of hydrogen-bond acceptors (Lipinski definition) is 3. The molecule has 2 aromatic carbocycles. The Balaban J connectivity index is 1.39. The van der Waals surface area contributed by atoms with Crippen molar-refractivity contribution >= 4 is 0 Å². The van der Waals surface area contributed by atoms with E-state index in [1.807, 2.05) is 12.4 Å². The van der Waals surface area contributed by atoms with Crippen molar-refractivity contribution in [2.75, 3.05) is 26.2 Å². The van der Waals surface area contributed by atoms with Crippen molar-refractivity contribution in [1.82, 2.24) is 14.8 Å². The van der Waals surface area contributed by atoms with Gasteiger partial charge in [0.1, 0.15) is 0 Å². The molecule has 0 unspecified atom stereocenters. The second-order valence-electron chi connectivity index (χ2n) is 7.97. The molecule has 0 amide bonds. The van der Waals surface area contributed by atoms with Gasteiger partial charge in [0.2, 0.25) is 0 Å². The summed E-state index contributed by atoms with van der Waals surface area (Å²) in [5.41, 5.74) is 7.41. The molecular weight excluding hydrogens is 342 g/mol. The Bertz CT molecular complexity index is 882. The number of aryl methyl sites for hydroxylation is 2. The second kappa shape index (κ2) is 7.86. The summed E-state index contributed by atoms with van der Waals surface area (Å²) >= 11 is 0. The van der Waals surface area contributed by atoms with Crippen LogP contribution < -0.4 is 0 Å². The number of rotatable bonds is 3. The van der Waals surface area contributed by atoms with Gasteiger partial charge in [-0.25, -0.2) is 0 Å². The molecule has 2 heterocycles. The molecular formula is C25H27N3. The summed E-state index contributed by atoms with van der Waals surface area (Å²) in [5, 5.41) is 0. The smallest absolute Gasteiger partial charge is 0.0608 e. The highest BCUT2D eigenvalue weighted by atomic mass is 15.3. The first-order valence-electron chi connectivity index (χ1n) is 10.4. The lowest BCUT2D eigenvalue weighted by atomic mass is 9.92. The second-order valence-corrected chi connectivity index (χ2v) is 7.97. The molecule has 5 rings (SSSR count). The summed E-state index contributed by atoms with van der Waals surface area (Å²) in [6, 6.07) is 22.8. The first-order valence-corrected chi connectivity index (χ1v) is 10.4. The molecule has 0 N–H and O–H groups in total. The number of hydrogen-bond donors (Lipinski definition) is 0. The average Bonchev–Trinajstić information content (AvgIpc) is 2.92. The van der Waals surface area contributed by atoms with E-state index in [1.54, 1.807) is 0 Å². The number of piperazine rings is 1. The summed E-state index contributed by atoms with van der Waals surface area (Å²) < 4.78 is 0. The van der Waals surface area contributed by atoms with Gasteiger partial charge in [0, 0.05) is 45.1 Å². The molecule has 0 bridgehead atoms. The van der Waals surface area contributed by atoms with Crippen molar-refractivity contribution in [3.05, 3.63) is 101 Å². The van der Waals surface area contributed by atoms with E-state index in [9.17, 15) is 0 Å². The molecule has 0 spiro atoms. The van der Waals surface area contributed by atoms with E-state index in [1.165, 1.54) is 27.8 Å². The molecule has 3 heteroatoms. The highest BCUT2D eigenvalue weighted by Gasteiger charge is 2.30. The van der Waals surface area contributed by atoms with Crippen molar-refractivity contribution < 1.29 is 0 Å². The molecule has 142 valence electrons. The maximum Gasteiger partial charge on any atom is 0.0608 e. The molecule has 1 aliphatic carbocycles. The molecule has 1 aliphatic heterocycles. The summed E-state index contributed by atoms with van der Waals surface area (Å²) in [6.45, 7) is 5.47. The Morgan fingerprint density at radius 1 is 0.714 bits per heavy atom. The maximum atomic E-state index is 4.14. The van der Waals surface area contributed by atoms with Gasteiger partial charge in [-0.3, -0.25) is 14.8 Å². The molecule has 1 saturated heterocycles. The Morgan fingerprint density at radius 3 is 1.89 bits per heavy atom. The third-order valence-corrected chi connectivity index (χ3v) is 6.29. The van der Waals surface area contributed by atoms with Gasteiger partial charge < -0.3 is 0 Å². The monoisotopic (exact) mass is 369 g/mol. The largest absolute Gasteiger partial charge is 0.297 e. The van der Waals surface area contributed by atoms with Crippen molar-refractivity contribution in [2.45, 2.75) is 25.4 Å². The van der Waals surface area contributed by atoms with Crippen LogP contribution in [0.4, 0.5) is 0 Å². The van der Waals surface area contributed by atoms with Crippen LogP contribution in [0.1, 0.15) is 33.9 Å². The van der Waals surface area contributed by atoms with Crippen LogP contribution in [0.3, 0.4) is 0 Å². The molecule has 1 aromatic heterocycles. The number of aromatic nitrogens is 1. The summed E-state index contributed by atoms with van der Waals surface area (Å²) in [7, 11) is 0. The fourth-order valence-corrected chi connectivity index (χ4v) is 4.81. The third-order valence-electron chi connectivity index (χ3n) is 6.29. The van der Waals surface area contributed by atoms with Gasteiger partial charge in [0.15, 0.2) is 0 Å². The van der Waals surface area contributed by atoms with Crippen molar-refractivity contribution in [3.8, 4) is 0 Å². The first-order chi connectivity index (χ1) is 13.9. The summed E-state index contributed by atoms with van der Waals surface area (Å²) in [5.74, 6) is 0. The molecule has 2 aliphatic rings. The highest BCUT2D eigenvalue weighted by Crippen LogP contribution is 2.37. The zero-order valence-electron chi connectivity index (χ0n) is 16.3. The number of fused-ring (bicyclic) bond motifs is 2. The quantitative estimate of drug-likeness (QED) is 0.693. The van der Waals surface area contributed by atoms with E-state index in [0.29, 0.717) is 6.04 Å². The standard InChI is InChI=1S/C25H27N3/c1-3-7-23-21(5-1)9-10-22-6-2-4-8-24(22)25(23)28-17-15-27(16-18-28)19-20-11-13-26-14-12-20/h1-8,11-14,25H,9-10,15-19H2. The van der Waals surface area contributed by atoms with E-state index in [2.05, 4.69) is 75.4 Å². The minimum atomic E-state index is 0.387. The van der Waals surface area contributed by atoms with Crippen molar-refractivity contribution in [1.29, 1.82) is 0 Å². The number of pyridine rings is 1. The number of benzene rings is 2. The molecule has 3 aromatic rings. The third kappa shape index (κ3) is 3.48. The first kappa shape index (κ1) is 17.6. The highest BCUT2D eigenvalue weighted by molar-refractivity contribution is 5.44. The van der Waals surface area contributed by atoms with Gasteiger partial charge in [0.05, 0.1) is 6.04 Å². The van der Waals surface area contributed by atoms with Gasteiger partial charge >= 0.3 is 0 Å². The Kier molecular flexibility index (Phi) is 4.94. The van der Waals surface area contributed by atoms with Crippen LogP contribution in [0, 0.1) is 0 Å². The predicted octanol–water partition coefficient (Wildman–Crippen LogP) is 4.09. The lowest BCUT2D eigenvalue weighted by molar-refractivity contribution is 0.104. The average molecular weight is 370 g/mol. The fourth-order valence-electron chi connectivity index (χ4n) is 4.81. The Labute approximate surface area is 167 Å². The molecule has 28 heavy (non-hydrogen) atoms. The van der Waals surface area contributed by atoms with Crippen LogP contribution in [0.2, 0.25) is 0 Å². The summed E-state index contributed by atoms with van der Waals surface area (Å²) in [6.07, 6.45) is 6.08. The van der Waals surface area contributed by atoms with E-state index in [-0.39, 0.29) is 0 Å². The fraction of sp³-hybridized carbons (Fsp3) is 0.320. The molecule has 0 saturated carbocycles. The van der Waals surface area contributed by atoms with Crippen LogP contribution in [-0.2, 0) is 19.4 Å². The Morgan fingerprint density at radius 2 is 1.29 bits per heavy atom. The Hall–Kier alpha value is -2.49. The van der Waals surface area contributed by atoms with Crippen molar-refractivity contribution in [2.24, 2.45) is 0 Å². The summed E-state index contributed by atoms with van der Waals surface area (Å²) in [4.78, 5) is 9.41. The lowest BCUT2D eigenvalue weighted by Gasteiger charge is -2.40. The van der Waals surface area contributed by atoms with E-state index in [4.69, 9.17) is 0 Å². The van der Waals surface area contributed by atoms with E-state index >= 15 is 0 Å². The van der Waals surface area contributed by atoms with Gasteiger partial charge in [0.25, 0.3) is 0 Å². The predicted molar refractivity (Wildman–Crippen MR) is 113 cm³/mol.